The van der Waals surface area contributed by atoms with E-state index < -0.39 is 0 Å². The van der Waals surface area contributed by atoms with Gasteiger partial charge in [-0.2, -0.15) is 0 Å². The molecule has 1 aromatic carbocycles. The number of fused-ring (bicyclic) bond motifs is 1. The lowest BCUT2D eigenvalue weighted by Crippen LogP contribution is -2.10. The van der Waals surface area contributed by atoms with Crippen molar-refractivity contribution in [2.24, 2.45) is 5.73 Å². The summed E-state index contributed by atoms with van der Waals surface area (Å²) < 4.78 is 5.28. The van der Waals surface area contributed by atoms with E-state index in [2.05, 4.69) is 0 Å². The van der Waals surface area contributed by atoms with Crippen molar-refractivity contribution < 1.29 is 4.74 Å². The highest BCUT2D eigenvalue weighted by Crippen LogP contribution is 2.36. The molecule has 66 valence electrons. The highest BCUT2D eigenvalue weighted by Gasteiger charge is 2.21. The zero-order valence-corrected chi connectivity index (χ0v) is 7.86. The average Bonchev–Trinajstić information content (AvgIpc) is 2.35. The second kappa shape index (κ2) is 3.52. The number of hydrogen-bond acceptors (Lipinski definition) is 2. The molecular weight excluding hydrogens is 197 g/mol. The maximum absolute atomic E-state index is 5.85. The minimum Gasteiger partial charge on any atom is -0.490 e. The molecule has 1 aromatic rings. The van der Waals surface area contributed by atoms with Gasteiger partial charge in [0.2, 0.25) is 0 Å². The van der Waals surface area contributed by atoms with E-state index in [4.69, 9.17) is 22.1 Å². The second-order valence-corrected chi connectivity index (χ2v) is 2.98. The molecule has 1 aliphatic heterocycles. The lowest BCUT2D eigenvalue weighted by molar-refractivity contribution is 0.333. The Morgan fingerprint density at radius 2 is 2.25 bits per heavy atom. The topological polar surface area (TPSA) is 35.2 Å². The molecule has 2 rings (SSSR count). The maximum Gasteiger partial charge on any atom is 0.142 e. The van der Waals surface area contributed by atoms with Gasteiger partial charge in [-0.15, -0.1) is 12.4 Å². The summed E-state index contributed by atoms with van der Waals surface area (Å²) in [5.74, 6) is 0.752. The zero-order valence-electron chi connectivity index (χ0n) is 6.29. The van der Waals surface area contributed by atoms with E-state index in [9.17, 15) is 0 Å². The summed E-state index contributed by atoms with van der Waals surface area (Å²) in [6.45, 7) is 0.541. The Morgan fingerprint density at radius 3 is 2.92 bits per heavy atom. The van der Waals surface area contributed by atoms with E-state index >= 15 is 0 Å². The van der Waals surface area contributed by atoms with Crippen molar-refractivity contribution in [3.63, 3.8) is 0 Å². The first-order valence-electron chi connectivity index (χ1n) is 3.46. The van der Waals surface area contributed by atoms with E-state index in [0.29, 0.717) is 11.6 Å². The predicted molar refractivity (Wildman–Crippen MR) is 51.1 cm³/mol. The summed E-state index contributed by atoms with van der Waals surface area (Å²) >= 11 is 5.85. The van der Waals surface area contributed by atoms with Gasteiger partial charge in [0.25, 0.3) is 0 Å². The lowest BCUT2D eigenvalue weighted by atomic mass is 10.1. The molecule has 2 nitrogen and oxygen atoms in total. The Bertz CT molecular complexity index is 290. The summed E-state index contributed by atoms with van der Waals surface area (Å²) in [5.41, 5.74) is 6.74. The van der Waals surface area contributed by atoms with Crippen molar-refractivity contribution in [3.05, 3.63) is 28.8 Å². The number of ether oxygens (including phenoxy) is 1. The molecule has 2 N–H and O–H groups in total. The highest BCUT2D eigenvalue weighted by atomic mass is 35.5. The van der Waals surface area contributed by atoms with E-state index in [1.807, 2.05) is 12.1 Å². The van der Waals surface area contributed by atoms with Crippen LogP contribution in [0.1, 0.15) is 11.6 Å². The Kier molecular flexibility index (Phi) is 2.83. The van der Waals surface area contributed by atoms with Crippen LogP contribution in [0.4, 0.5) is 0 Å². The molecule has 1 atom stereocenters. The van der Waals surface area contributed by atoms with Crippen LogP contribution in [0.25, 0.3) is 0 Å². The standard InChI is InChI=1S/C8H8ClNO.ClH/c9-6-3-1-2-5-7(10)4-11-8(5)6;/h1-3,7H,4,10H2;1H/t7-;/m0./s1. The van der Waals surface area contributed by atoms with Gasteiger partial charge in [0.1, 0.15) is 12.4 Å². The molecule has 0 aliphatic carbocycles. The van der Waals surface area contributed by atoms with Crippen LogP contribution in [-0.2, 0) is 0 Å². The van der Waals surface area contributed by atoms with Gasteiger partial charge in [-0.25, -0.2) is 0 Å². The summed E-state index contributed by atoms with van der Waals surface area (Å²) in [6, 6.07) is 5.62. The first-order valence-corrected chi connectivity index (χ1v) is 3.83. The molecule has 0 saturated heterocycles. The molecule has 0 radical (unpaired) electrons. The molecule has 0 saturated carbocycles. The van der Waals surface area contributed by atoms with Gasteiger partial charge < -0.3 is 10.5 Å². The third-order valence-electron chi connectivity index (χ3n) is 1.80. The molecule has 0 spiro atoms. The monoisotopic (exact) mass is 205 g/mol. The number of rotatable bonds is 0. The van der Waals surface area contributed by atoms with Crippen molar-refractivity contribution in [2.45, 2.75) is 6.04 Å². The third kappa shape index (κ3) is 1.38. The minimum absolute atomic E-state index is 0. The largest absolute Gasteiger partial charge is 0.490 e. The quantitative estimate of drug-likeness (QED) is 0.705. The summed E-state index contributed by atoms with van der Waals surface area (Å²) in [5, 5.41) is 0.649. The minimum atomic E-state index is -0.0105. The normalized spacial score (nSPS) is 19.3. The lowest BCUT2D eigenvalue weighted by Gasteiger charge is -2.00. The van der Waals surface area contributed by atoms with Gasteiger partial charge >= 0.3 is 0 Å². The van der Waals surface area contributed by atoms with Crippen LogP contribution in [0, 0.1) is 0 Å². The molecule has 0 bridgehead atoms. The van der Waals surface area contributed by atoms with E-state index in [1.54, 1.807) is 6.07 Å². The number of nitrogens with two attached hydrogens (primary N) is 1. The number of halogens is 2. The molecule has 4 heteroatoms. The third-order valence-corrected chi connectivity index (χ3v) is 2.10. The van der Waals surface area contributed by atoms with Crippen molar-refractivity contribution in [2.75, 3.05) is 6.61 Å². The van der Waals surface area contributed by atoms with Crippen molar-refractivity contribution >= 4 is 24.0 Å². The van der Waals surface area contributed by atoms with E-state index in [1.165, 1.54) is 0 Å². The van der Waals surface area contributed by atoms with E-state index in [-0.39, 0.29) is 18.4 Å². The molecule has 1 aliphatic rings. The zero-order chi connectivity index (χ0) is 7.84. The molecule has 0 aromatic heterocycles. The van der Waals surface area contributed by atoms with Crippen molar-refractivity contribution in [1.29, 1.82) is 0 Å². The Labute approximate surface area is 82.1 Å². The van der Waals surface area contributed by atoms with Crippen LogP contribution in [0.3, 0.4) is 0 Å². The van der Waals surface area contributed by atoms with Crippen LogP contribution in [0.5, 0.6) is 5.75 Å². The first-order chi connectivity index (χ1) is 5.29. The fraction of sp³-hybridized carbons (Fsp3) is 0.250. The first kappa shape index (κ1) is 9.65. The number of hydrogen-bond donors (Lipinski definition) is 1. The molecule has 0 unspecified atom stereocenters. The Hall–Kier alpha value is -0.440. The molecule has 0 amide bonds. The second-order valence-electron chi connectivity index (χ2n) is 2.58. The van der Waals surface area contributed by atoms with Gasteiger partial charge in [0, 0.05) is 5.56 Å². The van der Waals surface area contributed by atoms with Crippen LogP contribution in [0.2, 0.25) is 5.02 Å². The summed E-state index contributed by atoms with van der Waals surface area (Å²) in [6.07, 6.45) is 0. The fourth-order valence-electron chi connectivity index (χ4n) is 1.23. The van der Waals surface area contributed by atoms with Crippen molar-refractivity contribution in [1.82, 2.24) is 0 Å². The van der Waals surface area contributed by atoms with Crippen molar-refractivity contribution in [3.8, 4) is 5.75 Å². The smallest absolute Gasteiger partial charge is 0.142 e. The van der Waals surface area contributed by atoms with Crippen LogP contribution < -0.4 is 10.5 Å². The summed E-state index contributed by atoms with van der Waals surface area (Å²) in [4.78, 5) is 0. The highest BCUT2D eigenvalue weighted by molar-refractivity contribution is 6.32. The van der Waals surface area contributed by atoms with Gasteiger partial charge in [-0.05, 0) is 6.07 Å². The Balaban J connectivity index is 0.000000720. The van der Waals surface area contributed by atoms with E-state index in [0.717, 1.165) is 11.3 Å². The predicted octanol–water partition coefficient (Wildman–Crippen LogP) is 2.15. The van der Waals surface area contributed by atoms with Gasteiger partial charge in [0.05, 0.1) is 11.1 Å². The maximum atomic E-state index is 5.85. The SMILES string of the molecule is Cl.N[C@H]1COc2c(Cl)cccc21. The van der Waals surface area contributed by atoms with Gasteiger partial charge in [-0.1, -0.05) is 23.7 Å². The fourth-order valence-corrected chi connectivity index (χ4v) is 1.47. The average molecular weight is 206 g/mol. The van der Waals surface area contributed by atoms with Gasteiger partial charge in [-0.3, -0.25) is 0 Å². The molecule has 1 heterocycles. The van der Waals surface area contributed by atoms with Crippen LogP contribution in [0.15, 0.2) is 18.2 Å². The Morgan fingerprint density at radius 1 is 1.50 bits per heavy atom. The van der Waals surface area contributed by atoms with Gasteiger partial charge in [0.15, 0.2) is 0 Å². The van der Waals surface area contributed by atoms with Crippen LogP contribution >= 0.6 is 24.0 Å². The number of para-hydroxylation sites is 1. The molecule has 12 heavy (non-hydrogen) atoms. The molecular formula is C8H9Cl2NO. The van der Waals surface area contributed by atoms with Crippen LogP contribution in [-0.4, -0.2) is 6.61 Å². The summed E-state index contributed by atoms with van der Waals surface area (Å²) in [7, 11) is 0. The number of benzene rings is 1. The molecule has 0 fully saturated rings.